The number of hydrogen-bond donors (Lipinski definition) is 1. The lowest BCUT2D eigenvalue weighted by atomic mass is 9.81. The van der Waals surface area contributed by atoms with Crippen LogP contribution in [-0.2, 0) is 4.79 Å². The summed E-state index contributed by atoms with van der Waals surface area (Å²) in [5.41, 5.74) is -0.482. The minimum Gasteiger partial charge on any atom is -0.481 e. The molecule has 0 aliphatic heterocycles. The molecule has 0 aromatic heterocycles. The van der Waals surface area contributed by atoms with E-state index in [-0.39, 0.29) is 0 Å². The van der Waals surface area contributed by atoms with E-state index in [4.69, 9.17) is 5.11 Å². The first-order valence-corrected chi connectivity index (χ1v) is 5.30. The molecular weight excluding hydrogens is 164 g/mol. The molecule has 1 unspecified atom stereocenters. The zero-order chi connectivity index (χ0) is 10.3. The largest absolute Gasteiger partial charge is 0.481 e. The van der Waals surface area contributed by atoms with Gasteiger partial charge in [0.2, 0.25) is 0 Å². The summed E-state index contributed by atoms with van der Waals surface area (Å²) in [4.78, 5) is 11.0. The van der Waals surface area contributed by atoms with Gasteiger partial charge in [-0.05, 0) is 19.8 Å². The van der Waals surface area contributed by atoms with Crippen molar-refractivity contribution in [3.63, 3.8) is 0 Å². The number of rotatable bonds is 7. The Morgan fingerprint density at radius 1 is 1.15 bits per heavy atom. The van der Waals surface area contributed by atoms with Crippen LogP contribution in [0, 0.1) is 5.41 Å². The van der Waals surface area contributed by atoms with Gasteiger partial charge in [-0.15, -0.1) is 0 Å². The lowest BCUT2D eigenvalue weighted by molar-refractivity contribution is -0.148. The van der Waals surface area contributed by atoms with E-state index in [2.05, 4.69) is 6.92 Å². The summed E-state index contributed by atoms with van der Waals surface area (Å²) in [7, 11) is 0. The van der Waals surface area contributed by atoms with Crippen LogP contribution in [0.4, 0.5) is 0 Å². The third-order valence-electron chi connectivity index (χ3n) is 2.65. The second-order valence-electron chi connectivity index (χ2n) is 4.07. The van der Waals surface area contributed by atoms with Gasteiger partial charge in [-0.2, -0.15) is 0 Å². The highest BCUT2D eigenvalue weighted by Crippen LogP contribution is 2.30. The van der Waals surface area contributed by atoms with Crippen molar-refractivity contribution in [3.05, 3.63) is 0 Å². The Bertz CT molecular complexity index is 154. The van der Waals surface area contributed by atoms with Gasteiger partial charge >= 0.3 is 5.97 Å². The second kappa shape index (κ2) is 6.01. The second-order valence-corrected chi connectivity index (χ2v) is 4.07. The quantitative estimate of drug-likeness (QED) is 0.618. The van der Waals surface area contributed by atoms with E-state index in [9.17, 15) is 4.79 Å². The summed E-state index contributed by atoms with van der Waals surface area (Å²) in [5.74, 6) is -0.634. The molecule has 0 amide bonds. The number of carboxylic acids is 1. The van der Waals surface area contributed by atoms with Crippen LogP contribution in [0.25, 0.3) is 0 Å². The van der Waals surface area contributed by atoms with Gasteiger partial charge in [0.05, 0.1) is 5.41 Å². The van der Waals surface area contributed by atoms with Crippen LogP contribution < -0.4 is 0 Å². The molecule has 2 nitrogen and oxygen atoms in total. The fourth-order valence-electron chi connectivity index (χ4n) is 1.66. The highest BCUT2D eigenvalue weighted by Gasteiger charge is 2.30. The van der Waals surface area contributed by atoms with Crippen LogP contribution in [0.15, 0.2) is 0 Å². The Balaban J connectivity index is 4.00. The van der Waals surface area contributed by atoms with Gasteiger partial charge in [0.25, 0.3) is 0 Å². The van der Waals surface area contributed by atoms with Crippen molar-refractivity contribution in [2.24, 2.45) is 5.41 Å². The molecule has 1 atom stereocenters. The van der Waals surface area contributed by atoms with E-state index in [1.807, 2.05) is 13.8 Å². The molecule has 78 valence electrons. The van der Waals surface area contributed by atoms with Gasteiger partial charge in [-0.3, -0.25) is 4.79 Å². The lowest BCUT2D eigenvalue weighted by Gasteiger charge is -2.23. The molecule has 2 heteroatoms. The maximum Gasteiger partial charge on any atom is 0.309 e. The first-order chi connectivity index (χ1) is 6.06. The van der Waals surface area contributed by atoms with E-state index in [0.717, 1.165) is 38.5 Å². The van der Waals surface area contributed by atoms with Gasteiger partial charge in [0.15, 0.2) is 0 Å². The van der Waals surface area contributed by atoms with Gasteiger partial charge in [0.1, 0.15) is 0 Å². The minimum absolute atomic E-state index is 0.482. The molecule has 0 aliphatic carbocycles. The van der Waals surface area contributed by atoms with Gasteiger partial charge < -0.3 is 5.11 Å². The standard InChI is InChI=1S/C11H22O2/c1-4-6-7-9-11(3,8-5-2)10(12)13/h4-9H2,1-3H3,(H,12,13). The summed E-state index contributed by atoms with van der Waals surface area (Å²) >= 11 is 0. The van der Waals surface area contributed by atoms with Crippen molar-refractivity contribution in [3.8, 4) is 0 Å². The molecule has 13 heavy (non-hydrogen) atoms. The van der Waals surface area contributed by atoms with Gasteiger partial charge in [-0.25, -0.2) is 0 Å². The van der Waals surface area contributed by atoms with Crippen molar-refractivity contribution in [2.45, 2.75) is 59.3 Å². The smallest absolute Gasteiger partial charge is 0.309 e. The van der Waals surface area contributed by atoms with Crippen LogP contribution in [0.3, 0.4) is 0 Å². The average Bonchev–Trinajstić information content (AvgIpc) is 2.05. The zero-order valence-corrected chi connectivity index (χ0v) is 9.10. The maximum absolute atomic E-state index is 11.0. The first kappa shape index (κ1) is 12.5. The molecule has 0 bridgehead atoms. The molecule has 0 fully saturated rings. The Hall–Kier alpha value is -0.530. The number of carboxylic acid groups (broad SMARTS) is 1. The SMILES string of the molecule is CCCCCC(C)(CCC)C(=O)O. The average molecular weight is 186 g/mol. The number of unbranched alkanes of at least 4 members (excludes halogenated alkanes) is 2. The molecule has 1 N–H and O–H groups in total. The summed E-state index contributed by atoms with van der Waals surface area (Å²) < 4.78 is 0. The van der Waals surface area contributed by atoms with E-state index in [1.54, 1.807) is 0 Å². The van der Waals surface area contributed by atoms with Crippen molar-refractivity contribution >= 4 is 5.97 Å². The fraction of sp³-hybridized carbons (Fsp3) is 0.909. The normalized spacial score (nSPS) is 15.3. The monoisotopic (exact) mass is 186 g/mol. The molecular formula is C11H22O2. The number of aliphatic carboxylic acids is 1. The van der Waals surface area contributed by atoms with Gasteiger partial charge in [0, 0.05) is 0 Å². The van der Waals surface area contributed by atoms with Gasteiger partial charge in [-0.1, -0.05) is 39.5 Å². The first-order valence-electron chi connectivity index (χ1n) is 5.30. The molecule has 0 aromatic carbocycles. The minimum atomic E-state index is -0.634. The van der Waals surface area contributed by atoms with E-state index in [0.29, 0.717) is 0 Å². The third-order valence-corrected chi connectivity index (χ3v) is 2.65. The number of hydrogen-bond acceptors (Lipinski definition) is 1. The number of carbonyl (C=O) groups is 1. The molecule has 0 aromatic rings. The van der Waals surface area contributed by atoms with Crippen LogP contribution in [0.2, 0.25) is 0 Å². The van der Waals surface area contributed by atoms with E-state index in [1.165, 1.54) is 0 Å². The Kier molecular flexibility index (Phi) is 5.76. The van der Waals surface area contributed by atoms with Crippen molar-refractivity contribution < 1.29 is 9.90 Å². The molecule has 0 heterocycles. The molecule has 0 aliphatic rings. The Labute approximate surface area is 81.3 Å². The van der Waals surface area contributed by atoms with Crippen molar-refractivity contribution in [1.29, 1.82) is 0 Å². The summed E-state index contributed by atoms with van der Waals surface area (Å²) in [6.07, 6.45) is 5.92. The van der Waals surface area contributed by atoms with Crippen LogP contribution in [-0.4, -0.2) is 11.1 Å². The zero-order valence-electron chi connectivity index (χ0n) is 9.10. The summed E-state index contributed by atoms with van der Waals surface area (Å²) in [5, 5.41) is 9.06. The molecule has 0 spiro atoms. The Morgan fingerprint density at radius 3 is 2.15 bits per heavy atom. The predicted octanol–water partition coefficient (Wildman–Crippen LogP) is 3.46. The van der Waals surface area contributed by atoms with E-state index >= 15 is 0 Å². The van der Waals surface area contributed by atoms with Crippen molar-refractivity contribution in [2.75, 3.05) is 0 Å². The maximum atomic E-state index is 11.0. The Morgan fingerprint density at radius 2 is 1.77 bits per heavy atom. The molecule has 0 radical (unpaired) electrons. The molecule has 0 rings (SSSR count). The summed E-state index contributed by atoms with van der Waals surface area (Å²) in [6.45, 7) is 6.05. The molecule has 0 saturated carbocycles. The molecule has 0 saturated heterocycles. The summed E-state index contributed by atoms with van der Waals surface area (Å²) in [6, 6.07) is 0. The van der Waals surface area contributed by atoms with Crippen LogP contribution in [0.5, 0.6) is 0 Å². The topological polar surface area (TPSA) is 37.3 Å². The highest BCUT2D eigenvalue weighted by atomic mass is 16.4. The predicted molar refractivity (Wildman–Crippen MR) is 54.8 cm³/mol. The van der Waals surface area contributed by atoms with Crippen LogP contribution >= 0.6 is 0 Å². The third kappa shape index (κ3) is 4.30. The van der Waals surface area contributed by atoms with Crippen LogP contribution in [0.1, 0.15) is 59.3 Å². The lowest BCUT2D eigenvalue weighted by Crippen LogP contribution is -2.27. The van der Waals surface area contributed by atoms with Crippen molar-refractivity contribution in [1.82, 2.24) is 0 Å². The van der Waals surface area contributed by atoms with E-state index < -0.39 is 11.4 Å². The fourth-order valence-corrected chi connectivity index (χ4v) is 1.66. The highest BCUT2D eigenvalue weighted by molar-refractivity contribution is 5.73.